The fourth-order valence-corrected chi connectivity index (χ4v) is 1.91. The number of aliphatic carboxylic acids is 1. The number of benzene rings is 1. The van der Waals surface area contributed by atoms with E-state index >= 15 is 0 Å². The molecule has 0 spiro atoms. The zero-order valence-electron chi connectivity index (χ0n) is 10.3. The van der Waals surface area contributed by atoms with Crippen LogP contribution >= 0.6 is 11.8 Å². The van der Waals surface area contributed by atoms with Gasteiger partial charge in [-0.2, -0.15) is 11.8 Å². The van der Waals surface area contributed by atoms with Crippen molar-refractivity contribution >= 4 is 23.6 Å². The standard InChI is InChI=1S/C12H15NO5S/c1-19-5-4-9(12(17)18)13-11(16)8-6-7(14)2-3-10(8)15/h2-3,6,9,14-15H,4-5H2,1H3,(H,13,16)(H,17,18)/t9-/m0/s1. The summed E-state index contributed by atoms with van der Waals surface area (Å²) in [5, 5.41) is 30.1. The van der Waals surface area contributed by atoms with Gasteiger partial charge in [0.1, 0.15) is 17.5 Å². The third kappa shape index (κ3) is 4.36. The molecule has 1 amide bonds. The summed E-state index contributed by atoms with van der Waals surface area (Å²) in [5.41, 5.74) is -0.157. The zero-order valence-corrected chi connectivity index (χ0v) is 11.1. The summed E-state index contributed by atoms with van der Waals surface area (Å²) >= 11 is 1.47. The van der Waals surface area contributed by atoms with Gasteiger partial charge < -0.3 is 20.6 Å². The molecule has 1 atom stereocenters. The molecular formula is C12H15NO5S. The minimum atomic E-state index is -1.14. The molecule has 0 aliphatic carbocycles. The Labute approximate surface area is 114 Å². The van der Waals surface area contributed by atoms with E-state index in [9.17, 15) is 19.8 Å². The molecule has 7 heteroatoms. The van der Waals surface area contributed by atoms with Gasteiger partial charge in [-0.3, -0.25) is 4.79 Å². The normalized spacial score (nSPS) is 11.8. The van der Waals surface area contributed by atoms with Crippen molar-refractivity contribution in [2.45, 2.75) is 12.5 Å². The van der Waals surface area contributed by atoms with Gasteiger partial charge in [-0.15, -0.1) is 0 Å². The maximum absolute atomic E-state index is 11.8. The highest BCUT2D eigenvalue weighted by Crippen LogP contribution is 2.22. The van der Waals surface area contributed by atoms with Crippen molar-refractivity contribution in [3.63, 3.8) is 0 Å². The smallest absolute Gasteiger partial charge is 0.326 e. The number of nitrogens with one attached hydrogen (secondary N) is 1. The average molecular weight is 285 g/mol. The predicted octanol–water partition coefficient (Wildman–Crippen LogP) is 1.03. The van der Waals surface area contributed by atoms with Crippen molar-refractivity contribution in [3.05, 3.63) is 23.8 Å². The first kappa shape index (κ1) is 15.2. The van der Waals surface area contributed by atoms with Crippen LogP contribution in [0, 0.1) is 0 Å². The highest BCUT2D eigenvalue weighted by atomic mass is 32.2. The Balaban J connectivity index is 2.81. The van der Waals surface area contributed by atoms with E-state index in [0.717, 1.165) is 6.07 Å². The Morgan fingerprint density at radius 3 is 2.63 bits per heavy atom. The van der Waals surface area contributed by atoms with E-state index in [4.69, 9.17) is 5.11 Å². The number of carbonyl (C=O) groups excluding carboxylic acids is 1. The first-order chi connectivity index (χ1) is 8.95. The number of rotatable bonds is 6. The molecule has 0 heterocycles. The van der Waals surface area contributed by atoms with Crippen molar-refractivity contribution in [2.24, 2.45) is 0 Å². The summed E-state index contributed by atoms with van der Waals surface area (Å²) in [6, 6.07) is 2.45. The second kappa shape index (κ2) is 6.89. The maximum Gasteiger partial charge on any atom is 0.326 e. The summed E-state index contributed by atoms with van der Waals surface area (Å²) in [7, 11) is 0. The molecule has 4 N–H and O–H groups in total. The first-order valence-corrected chi connectivity index (χ1v) is 6.89. The summed E-state index contributed by atoms with van der Waals surface area (Å²) in [6.45, 7) is 0. The van der Waals surface area contributed by atoms with E-state index in [-0.39, 0.29) is 23.5 Å². The van der Waals surface area contributed by atoms with E-state index in [1.165, 1.54) is 23.9 Å². The quantitative estimate of drug-likeness (QED) is 0.582. The van der Waals surface area contributed by atoms with Gasteiger partial charge in [-0.05, 0) is 36.6 Å². The number of hydrogen-bond acceptors (Lipinski definition) is 5. The van der Waals surface area contributed by atoms with Crippen LogP contribution in [-0.4, -0.2) is 45.2 Å². The Morgan fingerprint density at radius 1 is 1.37 bits per heavy atom. The minimum absolute atomic E-state index is 0.157. The SMILES string of the molecule is CSCC[C@H](NC(=O)c1cc(O)ccc1O)C(=O)O. The molecule has 19 heavy (non-hydrogen) atoms. The second-order valence-electron chi connectivity index (χ2n) is 3.85. The highest BCUT2D eigenvalue weighted by Gasteiger charge is 2.21. The number of phenolic OH excluding ortho intramolecular Hbond substituents is 2. The largest absolute Gasteiger partial charge is 0.508 e. The lowest BCUT2D eigenvalue weighted by atomic mass is 10.1. The summed E-state index contributed by atoms with van der Waals surface area (Å²) in [5.74, 6) is -1.78. The van der Waals surface area contributed by atoms with Crippen LogP contribution in [-0.2, 0) is 4.79 Å². The summed E-state index contributed by atoms with van der Waals surface area (Å²) in [6.07, 6.45) is 2.11. The van der Waals surface area contributed by atoms with Crippen LogP contribution in [0.3, 0.4) is 0 Å². The van der Waals surface area contributed by atoms with Gasteiger partial charge in [-0.25, -0.2) is 4.79 Å². The van der Waals surface area contributed by atoms with Crippen molar-refractivity contribution in [1.82, 2.24) is 5.32 Å². The van der Waals surface area contributed by atoms with Gasteiger partial charge in [0.2, 0.25) is 0 Å². The lowest BCUT2D eigenvalue weighted by Crippen LogP contribution is -2.41. The fraction of sp³-hybridized carbons (Fsp3) is 0.333. The Bertz CT molecular complexity index is 477. The highest BCUT2D eigenvalue weighted by molar-refractivity contribution is 7.98. The van der Waals surface area contributed by atoms with Crippen LogP contribution in [0.1, 0.15) is 16.8 Å². The number of carboxylic acids is 1. The Morgan fingerprint density at radius 2 is 2.05 bits per heavy atom. The molecular weight excluding hydrogens is 270 g/mol. The van der Waals surface area contributed by atoms with Crippen molar-refractivity contribution in [3.8, 4) is 11.5 Å². The minimum Gasteiger partial charge on any atom is -0.508 e. The van der Waals surface area contributed by atoms with Gasteiger partial charge >= 0.3 is 5.97 Å². The summed E-state index contributed by atoms with van der Waals surface area (Å²) in [4.78, 5) is 22.8. The molecule has 0 aliphatic rings. The van der Waals surface area contributed by atoms with Crippen molar-refractivity contribution in [1.29, 1.82) is 0 Å². The van der Waals surface area contributed by atoms with E-state index < -0.39 is 17.9 Å². The second-order valence-corrected chi connectivity index (χ2v) is 4.83. The van der Waals surface area contributed by atoms with Crippen LogP contribution in [0.5, 0.6) is 11.5 Å². The topological polar surface area (TPSA) is 107 Å². The molecule has 1 rings (SSSR count). The molecule has 6 nitrogen and oxygen atoms in total. The molecule has 0 saturated heterocycles. The monoisotopic (exact) mass is 285 g/mol. The van der Waals surface area contributed by atoms with Crippen LogP contribution in [0.15, 0.2) is 18.2 Å². The van der Waals surface area contributed by atoms with E-state index in [1.807, 2.05) is 6.26 Å². The molecule has 0 bridgehead atoms. The Kier molecular flexibility index (Phi) is 5.50. The number of thioether (sulfide) groups is 1. The Hall–Kier alpha value is -1.89. The molecule has 0 unspecified atom stereocenters. The summed E-state index contributed by atoms with van der Waals surface area (Å²) < 4.78 is 0. The molecule has 0 saturated carbocycles. The molecule has 1 aromatic carbocycles. The van der Waals surface area contributed by atoms with Crippen molar-refractivity contribution in [2.75, 3.05) is 12.0 Å². The maximum atomic E-state index is 11.8. The molecule has 1 aromatic rings. The molecule has 0 aliphatic heterocycles. The van der Waals surface area contributed by atoms with Gasteiger partial charge in [-0.1, -0.05) is 0 Å². The van der Waals surface area contributed by atoms with Crippen LogP contribution < -0.4 is 5.32 Å². The van der Waals surface area contributed by atoms with Crippen LogP contribution in [0.25, 0.3) is 0 Å². The third-order valence-electron chi connectivity index (χ3n) is 2.44. The average Bonchev–Trinajstić information content (AvgIpc) is 2.36. The zero-order chi connectivity index (χ0) is 14.4. The number of hydrogen-bond donors (Lipinski definition) is 4. The van der Waals surface area contributed by atoms with Gasteiger partial charge in [0.05, 0.1) is 5.56 Å². The molecule has 0 aromatic heterocycles. The number of amides is 1. The van der Waals surface area contributed by atoms with Gasteiger partial charge in [0.25, 0.3) is 5.91 Å². The lowest BCUT2D eigenvalue weighted by molar-refractivity contribution is -0.139. The molecule has 104 valence electrons. The van der Waals surface area contributed by atoms with Gasteiger partial charge in [0, 0.05) is 0 Å². The van der Waals surface area contributed by atoms with Crippen molar-refractivity contribution < 1.29 is 24.9 Å². The first-order valence-electron chi connectivity index (χ1n) is 5.50. The number of carbonyl (C=O) groups is 2. The van der Waals surface area contributed by atoms with Gasteiger partial charge in [0.15, 0.2) is 0 Å². The van der Waals surface area contributed by atoms with E-state index in [0.29, 0.717) is 5.75 Å². The predicted molar refractivity (Wildman–Crippen MR) is 71.7 cm³/mol. The van der Waals surface area contributed by atoms with Crippen LogP contribution in [0.4, 0.5) is 0 Å². The number of phenols is 2. The fourth-order valence-electron chi connectivity index (χ4n) is 1.43. The number of carboxylic acid groups (broad SMARTS) is 1. The number of aromatic hydroxyl groups is 2. The van der Waals surface area contributed by atoms with E-state index in [2.05, 4.69) is 5.32 Å². The molecule has 0 radical (unpaired) electrons. The van der Waals surface area contributed by atoms with E-state index in [1.54, 1.807) is 0 Å². The van der Waals surface area contributed by atoms with Crippen LogP contribution in [0.2, 0.25) is 0 Å². The molecule has 0 fully saturated rings. The third-order valence-corrected chi connectivity index (χ3v) is 3.08. The lowest BCUT2D eigenvalue weighted by Gasteiger charge is -2.14.